The molecule has 6 nitrogen and oxygen atoms in total. The van der Waals surface area contributed by atoms with Crippen molar-refractivity contribution < 1.29 is 19.2 Å². The number of nitro benzene ring substituents is 1. The Labute approximate surface area is 140 Å². The van der Waals surface area contributed by atoms with Crippen LogP contribution in [0.25, 0.3) is 0 Å². The van der Waals surface area contributed by atoms with Crippen LogP contribution in [0.5, 0.6) is 0 Å². The minimum absolute atomic E-state index is 0.0789. The van der Waals surface area contributed by atoms with Crippen LogP contribution < -0.4 is 0 Å². The molecule has 0 N–H and O–H groups in total. The number of nitro groups is 1. The molecule has 128 valence electrons. The molecule has 1 heterocycles. The molecule has 1 aliphatic carbocycles. The van der Waals surface area contributed by atoms with E-state index in [4.69, 9.17) is 4.74 Å². The van der Waals surface area contributed by atoms with Gasteiger partial charge in [-0.2, -0.15) is 0 Å². The maximum atomic E-state index is 13.2. The van der Waals surface area contributed by atoms with Crippen molar-refractivity contribution in [3.8, 4) is 0 Å². The van der Waals surface area contributed by atoms with E-state index in [1.54, 1.807) is 26.0 Å². The van der Waals surface area contributed by atoms with Crippen LogP contribution in [0, 0.1) is 20.9 Å². The van der Waals surface area contributed by atoms with Crippen LogP contribution in [0.4, 0.5) is 5.69 Å². The van der Waals surface area contributed by atoms with Crippen LogP contribution in [0.2, 0.25) is 0 Å². The molecule has 1 aliphatic heterocycles. The highest BCUT2D eigenvalue weighted by Crippen LogP contribution is 2.53. The zero-order valence-electron chi connectivity index (χ0n) is 13.9. The molecule has 2 fully saturated rings. The van der Waals surface area contributed by atoms with Gasteiger partial charge in [-0.3, -0.25) is 19.7 Å². The molecule has 1 spiro atoms. The second-order valence-corrected chi connectivity index (χ2v) is 7.33. The molecule has 1 saturated heterocycles. The predicted molar refractivity (Wildman–Crippen MR) is 86.2 cm³/mol. The van der Waals surface area contributed by atoms with Gasteiger partial charge in [0.1, 0.15) is 11.5 Å². The molecular formula is C18H21NO5. The van der Waals surface area contributed by atoms with Gasteiger partial charge in [-0.25, -0.2) is 0 Å². The maximum Gasteiger partial charge on any atom is 0.320 e. The normalized spacial score (nSPS) is 25.3. The molecule has 24 heavy (non-hydrogen) atoms. The topological polar surface area (TPSA) is 86.5 Å². The monoisotopic (exact) mass is 331 g/mol. The van der Waals surface area contributed by atoms with E-state index in [0.29, 0.717) is 18.4 Å². The van der Waals surface area contributed by atoms with Crippen molar-refractivity contribution in [2.45, 2.75) is 52.1 Å². The second kappa shape index (κ2) is 5.69. The summed E-state index contributed by atoms with van der Waals surface area (Å²) in [5, 5.41) is 11.0. The molecule has 3 rings (SSSR count). The van der Waals surface area contributed by atoms with E-state index in [-0.39, 0.29) is 11.5 Å². The average molecular weight is 331 g/mol. The third kappa shape index (κ3) is 2.41. The third-order valence-corrected chi connectivity index (χ3v) is 5.38. The van der Waals surface area contributed by atoms with Crippen molar-refractivity contribution in [1.29, 1.82) is 0 Å². The smallest absolute Gasteiger partial charge is 0.320 e. The quantitative estimate of drug-likeness (QED) is 0.356. The lowest BCUT2D eigenvalue weighted by Crippen LogP contribution is -2.55. The van der Waals surface area contributed by atoms with Crippen molar-refractivity contribution in [2.75, 3.05) is 0 Å². The lowest BCUT2D eigenvalue weighted by molar-refractivity contribution is -0.385. The summed E-state index contributed by atoms with van der Waals surface area (Å²) in [6, 6.07) is 5.98. The molecule has 1 aromatic rings. The number of Topliss-reactive ketones (excluding diaryl/α,β-unsaturated/α-hetero) is 1. The molecule has 1 saturated carbocycles. The van der Waals surface area contributed by atoms with Gasteiger partial charge in [0.25, 0.3) is 5.69 Å². The summed E-state index contributed by atoms with van der Waals surface area (Å²) in [7, 11) is 0. The molecule has 6 heteroatoms. The summed E-state index contributed by atoms with van der Waals surface area (Å²) < 4.78 is 5.70. The number of hydrogen-bond acceptors (Lipinski definition) is 5. The van der Waals surface area contributed by atoms with E-state index < -0.39 is 27.8 Å². The Morgan fingerprint density at radius 3 is 2.46 bits per heavy atom. The summed E-state index contributed by atoms with van der Waals surface area (Å²) >= 11 is 0. The number of benzene rings is 1. The highest BCUT2D eigenvalue weighted by molar-refractivity contribution is 6.08. The number of cyclic esters (lactones) is 1. The minimum atomic E-state index is -1.03. The average Bonchev–Trinajstić information content (AvgIpc) is 2.58. The van der Waals surface area contributed by atoms with Gasteiger partial charge in [-0.05, 0) is 26.7 Å². The number of carbonyl (C=O) groups excluding carboxylic acids is 2. The summed E-state index contributed by atoms with van der Waals surface area (Å²) in [6.07, 6.45) is 2.99. The number of carbonyl (C=O) groups is 2. The molecule has 0 amide bonds. The van der Waals surface area contributed by atoms with Crippen molar-refractivity contribution in [1.82, 2.24) is 0 Å². The Balaban J connectivity index is 2.00. The molecule has 0 aromatic heterocycles. The molecule has 1 atom stereocenters. The first-order valence-corrected chi connectivity index (χ1v) is 8.29. The van der Waals surface area contributed by atoms with Crippen LogP contribution in [0.15, 0.2) is 24.3 Å². The first-order valence-electron chi connectivity index (χ1n) is 8.29. The number of non-ortho nitro benzene ring substituents is 1. The standard InChI is InChI=1S/C18H21NO5/c1-17(2)14(12-7-6-8-13(11-12)19(22)23)24-16(21)18(15(17)20)9-4-3-5-10-18/h6-8,11,14H,3-5,9-10H2,1-2H3/t14-/m0/s1. The van der Waals surface area contributed by atoms with Gasteiger partial charge in [-0.1, -0.05) is 31.4 Å². The summed E-state index contributed by atoms with van der Waals surface area (Å²) in [4.78, 5) is 36.4. The Morgan fingerprint density at radius 1 is 1.17 bits per heavy atom. The van der Waals surface area contributed by atoms with Crippen molar-refractivity contribution >= 4 is 17.4 Å². The molecule has 0 bridgehead atoms. The first kappa shape index (κ1) is 16.6. The lowest BCUT2D eigenvalue weighted by atomic mass is 9.60. The number of hydrogen-bond donors (Lipinski definition) is 0. The largest absolute Gasteiger partial charge is 0.456 e. The summed E-state index contributed by atoms with van der Waals surface area (Å²) in [5.74, 6) is -0.564. The van der Waals surface area contributed by atoms with E-state index in [0.717, 1.165) is 19.3 Å². The van der Waals surface area contributed by atoms with Crippen LogP contribution in [0.3, 0.4) is 0 Å². The molecule has 2 aliphatic rings. The minimum Gasteiger partial charge on any atom is -0.456 e. The van der Waals surface area contributed by atoms with Crippen LogP contribution in [-0.2, 0) is 14.3 Å². The van der Waals surface area contributed by atoms with E-state index in [2.05, 4.69) is 0 Å². The SMILES string of the molecule is CC1(C)C(=O)C2(CCCCC2)C(=O)O[C@H]1c1cccc([N+](=O)[O-])c1. The van der Waals surface area contributed by atoms with Crippen LogP contribution in [-0.4, -0.2) is 16.7 Å². The fourth-order valence-corrected chi connectivity index (χ4v) is 4.07. The fraction of sp³-hybridized carbons (Fsp3) is 0.556. The van der Waals surface area contributed by atoms with Crippen molar-refractivity contribution in [2.24, 2.45) is 10.8 Å². The van der Waals surface area contributed by atoms with E-state index >= 15 is 0 Å². The van der Waals surface area contributed by atoms with Gasteiger partial charge < -0.3 is 4.74 Å². The first-order chi connectivity index (χ1) is 11.3. The van der Waals surface area contributed by atoms with Crippen molar-refractivity contribution in [3.63, 3.8) is 0 Å². The zero-order chi connectivity index (χ0) is 17.5. The number of nitrogens with zero attached hydrogens (tertiary/aromatic N) is 1. The second-order valence-electron chi connectivity index (χ2n) is 7.33. The van der Waals surface area contributed by atoms with Gasteiger partial charge in [0, 0.05) is 17.7 Å². The van der Waals surface area contributed by atoms with Gasteiger partial charge in [0.2, 0.25) is 0 Å². The molecular weight excluding hydrogens is 310 g/mol. The van der Waals surface area contributed by atoms with Gasteiger partial charge >= 0.3 is 5.97 Å². The molecule has 0 unspecified atom stereocenters. The van der Waals surface area contributed by atoms with Crippen LogP contribution in [0.1, 0.15) is 57.6 Å². The highest BCUT2D eigenvalue weighted by atomic mass is 16.6. The van der Waals surface area contributed by atoms with E-state index in [9.17, 15) is 19.7 Å². The summed E-state index contributed by atoms with van der Waals surface area (Å²) in [6.45, 7) is 3.53. The van der Waals surface area contributed by atoms with Gasteiger partial charge in [0.15, 0.2) is 5.78 Å². The van der Waals surface area contributed by atoms with Gasteiger partial charge in [-0.15, -0.1) is 0 Å². The number of ether oxygens (including phenoxy) is 1. The van der Waals surface area contributed by atoms with E-state index in [1.807, 2.05) is 0 Å². The van der Waals surface area contributed by atoms with Gasteiger partial charge in [0.05, 0.1) is 10.3 Å². The number of esters is 1. The Kier molecular flexibility index (Phi) is 3.94. The maximum absolute atomic E-state index is 13.2. The molecule has 0 radical (unpaired) electrons. The zero-order valence-corrected chi connectivity index (χ0v) is 13.9. The highest BCUT2D eigenvalue weighted by Gasteiger charge is 2.60. The van der Waals surface area contributed by atoms with Crippen LogP contribution >= 0.6 is 0 Å². The Morgan fingerprint density at radius 2 is 1.83 bits per heavy atom. The summed E-state index contributed by atoms with van der Waals surface area (Å²) in [5.41, 5.74) is -1.54. The number of rotatable bonds is 2. The fourth-order valence-electron chi connectivity index (χ4n) is 4.07. The Hall–Kier alpha value is -2.24. The molecule has 1 aromatic carbocycles. The lowest BCUT2D eigenvalue weighted by Gasteiger charge is -2.47. The van der Waals surface area contributed by atoms with Crippen molar-refractivity contribution in [3.05, 3.63) is 39.9 Å². The third-order valence-electron chi connectivity index (χ3n) is 5.38. The number of ketones is 1. The van der Waals surface area contributed by atoms with E-state index in [1.165, 1.54) is 12.1 Å². The predicted octanol–water partition coefficient (Wildman–Crippen LogP) is 3.74. The Bertz CT molecular complexity index is 703.